The fourth-order valence-corrected chi connectivity index (χ4v) is 4.52. The molecule has 7 nitrogen and oxygen atoms in total. The summed E-state index contributed by atoms with van der Waals surface area (Å²) in [4.78, 5) is 40.2. The quantitative estimate of drug-likeness (QED) is 0.457. The molecule has 166 valence electrons. The zero-order chi connectivity index (χ0) is 22.6. The van der Waals surface area contributed by atoms with Crippen LogP contribution in [-0.2, 0) is 11.2 Å². The molecule has 1 amide bonds. The predicted octanol–water partition coefficient (Wildman–Crippen LogP) is 4.14. The monoisotopic (exact) mass is 439 g/mol. The van der Waals surface area contributed by atoms with Gasteiger partial charge in [0.05, 0.1) is 12.0 Å². The van der Waals surface area contributed by atoms with Crippen LogP contribution in [0.4, 0.5) is 11.6 Å². The highest BCUT2D eigenvalue weighted by Crippen LogP contribution is 2.30. The van der Waals surface area contributed by atoms with Crippen LogP contribution in [0, 0.1) is 0 Å². The fourth-order valence-electron chi connectivity index (χ4n) is 4.52. The summed E-state index contributed by atoms with van der Waals surface area (Å²) >= 11 is 0. The number of nitrogens with zero attached hydrogens (tertiary/aromatic N) is 4. The number of carbonyl (C=O) groups excluding carboxylic acids is 2. The van der Waals surface area contributed by atoms with Crippen molar-refractivity contribution in [2.75, 3.05) is 18.0 Å². The summed E-state index contributed by atoms with van der Waals surface area (Å²) in [7, 11) is 0. The number of carbonyl (C=O) groups is 2. The number of nitrogens with one attached hydrogen (secondary N) is 1. The first-order valence-corrected chi connectivity index (χ1v) is 11.2. The summed E-state index contributed by atoms with van der Waals surface area (Å²) in [6.45, 7) is 1.36. The number of aromatic nitrogens is 3. The molecule has 1 aliphatic rings. The average Bonchev–Trinajstić information content (AvgIpc) is 3.28. The first-order chi connectivity index (χ1) is 16.2. The molecule has 1 N–H and O–H groups in total. The van der Waals surface area contributed by atoms with E-state index >= 15 is 0 Å². The van der Waals surface area contributed by atoms with E-state index in [1.54, 1.807) is 12.4 Å². The number of aldehydes is 1. The van der Waals surface area contributed by atoms with Crippen LogP contribution in [0.3, 0.4) is 0 Å². The Kier molecular flexibility index (Phi) is 5.85. The van der Waals surface area contributed by atoms with E-state index in [0.717, 1.165) is 41.3 Å². The maximum atomic E-state index is 13.0. The Hall–Kier alpha value is -4.00. The third-order valence-corrected chi connectivity index (χ3v) is 6.24. The van der Waals surface area contributed by atoms with Crippen LogP contribution < -0.4 is 4.90 Å². The highest BCUT2D eigenvalue weighted by Gasteiger charge is 2.29. The maximum absolute atomic E-state index is 13.0. The minimum absolute atomic E-state index is 0.149. The summed E-state index contributed by atoms with van der Waals surface area (Å²) in [5.74, 6) is 0.714. The van der Waals surface area contributed by atoms with Crippen molar-refractivity contribution in [2.45, 2.75) is 25.3 Å². The average molecular weight is 440 g/mol. The Balaban J connectivity index is 1.30. The topological polar surface area (TPSA) is 82.2 Å². The number of para-hydroxylation sites is 2. The number of aromatic amines is 1. The van der Waals surface area contributed by atoms with Gasteiger partial charge >= 0.3 is 0 Å². The Bertz CT molecular complexity index is 1240. The summed E-state index contributed by atoms with van der Waals surface area (Å²) in [5, 5.41) is 1.10. The number of hydrogen-bond acceptors (Lipinski definition) is 5. The van der Waals surface area contributed by atoms with Crippen molar-refractivity contribution >= 4 is 34.7 Å². The number of H-pyrrole nitrogens is 1. The van der Waals surface area contributed by atoms with Gasteiger partial charge in [-0.3, -0.25) is 9.59 Å². The molecule has 0 bridgehead atoms. The molecule has 1 saturated heterocycles. The minimum Gasteiger partial charge on any atom is -0.361 e. The molecule has 7 heteroatoms. The second-order valence-electron chi connectivity index (χ2n) is 8.29. The molecule has 33 heavy (non-hydrogen) atoms. The van der Waals surface area contributed by atoms with Crippen LogP contribution in [0.2, 0.25) is 0 Å². The zero-order valence-corrected chi connectivity index (χ0v) is 18.2. The molecule has 4 aromatic rings. The number of anilines is 2. The van der Waals surface area contributed by atoms with Crippen LogP contribution in [0.25, 0.3) is 10.9 Å². The van der Waals surface area contributed by atoms with Gasteiger partial charge in [0, 0.05) is 54.3 Å². The largest absolute Gasteiger partial charge is 0.361 e. The van der Waals surface area contributed by atoms with Crippen molar-refractivity contribution in [1.82, 2.24) is 19.9 Å². The van der Waals surface area contributed by atoms with E-state index in [0.29, 0.717) is 31.0 Å². The highest BCUT2D eigenvalue weighted by atomic mass is 16.2. The second kappa shape index (κ2) is 9.24. The number of benzene rings is 2. The molecule has 0 radical (unpaired) electrons. The van der Waals surface area contributed by atoms with Gasteiger partial charge in [-0.15, -0.1) is 0 Å². The lowest BCUT2D eigenvalue weighted by atomic mass is 10.0. The van der Waals surface area contributed by atoms with Gasteiger partial charge in [0.1, 0.15) is 0 Å². The first kappa shape index (κ1) is 20.9. The third kappa shape index (κ3) is 4.35. The Morgan fingerprint density at radius 2 is 1.73 bits per heavy atom. The zero-order valence-electron chi connectivity index (χ0n) is 18.2. The van der Waals surface area contributed by atoms with Gasteiger partial charge in [-0.25, -0.2) is 9.97 Å². The number of fused-ring (bicyclic) bond motifs is 1. The van der Waals surface area contributed by atoms with E-state index in [2.05, 4.69) is 19.9 Å². The van der Waals surface area contributed by atoms with Crippen LogP contribution in [0.1, 0.15) is 28.8 Å². The number of hydrogen-bond donors (Lipinski definition) is 1. The SMILES string of the molecule is O=Cc1cnc(N(c2ccccc2)C2CCN(C(=O)Cc3c[nH]c4ccccc34)CC2)nc1. The molecule has 0 atom stereocenters. The van der Waals surface area contributed by atoms with E-state index < -0.39 is 0 Å². The molecular formula is C26H25N5O2. The summed E-state index contributed by atoms with van der Waals surface area (Å²) in [5.41, 5.74) is 3.54. The predicted molar refractivity (Wildman–Crippen MR) is 128 cm³/mol. The summed E-state index contributed by atoms with van der Waals surface area (Å²) < 4.78 is 0. The summed E-state index contributed by atoms with van der Waals surface area (Å²) in [6.07, 6.45) is 7.80. The van der Waals surface area contributed by atoms with E-state index in [1.165, 1.54) is 0 Å². The van der Waals surface area contributed by atoms with Crippen molar-refractivity contribution in [2.24, 2.45) is 0 Å². The number of rotatable bonds is 6. The van der Waals surface area contributed by atoms with Gasteiger partial charge in [0.15, 0.2) is 6.29 Å². The van der Waals surface area contributed by atoms with Gasteiger partial charge in [0.25, 0.3) is 0 Å². The van der Waals surface area contributed by atoms with Crippen molar-refractivity contribution in [1.29, 1.82) is 0 Å². The molecule has 2 aromatic heterocycles. The number of piperidine rings is 1. The summed E-state index contributed by atoms with van der Waals surface area (Å²) in [6, 6.07) is 18.2. The van der Waals surface area contributed by atoms with Crippen molar-refractivity contribution in [3.8, 4) is 0 Å². The lowest BCUT2D eigenvalue weighted by Gasteiger charge is -2.38. The number of likely N-dealkylation sites (tertiary alicyclic amines) is 1. The Morgan fingerprint density at radius 1 is 1.03 bits per heavy atom. The lowest BCUT2D eigenvalue weighted by molar-refractivity contribution is -0.131. The fraction of sp³-hybridized carbons (Fsp3) is 0.231. The molecule has 2 aromatic carbocycles. The molecule has 0 saturated carbocycles. The molecule has 5 rings (SSSR count). The van der Waals surface area contributed by atoms with E-state index in [-0.39, 0.29) is 11.9 Å². The maximum Gasteiger partial charge on any atom is 0.230 e. The highest BCUT2D eigenvalue weighted by molar-refractivity contribution is 5.89. The van der Waals surface area contributed by atoms with Crippen LogP contribution in [0.5, 0.6) is 0 Å². The molecule has 1 fully saturated rings. The van der Waals surface area contributed by atoms with Gasteiger partial charge in [-0.05, 0) is 36.6 Å². The third-order valence-electron chi connectivity index (χ3n) is 6.24. The molecule has 3 heterocycles. The van der Waals surface area contributed by atoms with Crippen molar-refractivity contribution in [3.05, 3.63) is 84.3 Å². The molecule has 0 spiro atoms. The van der Waals surface area contributed by atoms with Crippen molar-refractivity contribution < 1.29 is 9.59 Å². The molecular weight excluding hydrogens is 414 g/mol. The lowest BCUT2D eigenvalue weighted by Crippen LogP contribution is -2.46. The smallest absolute Gasteiger partial charge is 0.230 e. The Morgan fingerprint density at radius 3 is 2.45 bits per heavy atom. The van der Waals surface area contributed by atoms with Gasteiger partial charge < -0.3 is 14.8 Å². The number of amides is 1. The van der Waals surface area contributed by atoms with E-state index in [9.17, 15) is 9.59 Å². The normalized spacial score (nSPS) is 14.4. The van der Waals surface area contributed by atoms with E-state index in [1.807, 2.05) is 65.7 Å². The van der Waals surface area contributed by atoms with Gasteiger partial charge in [0.2, 0.25) is 11.9 Å². The molecule has 0 unspecified atom stereocenters. The molecule has 0 aliphatic carbocycles. The minimum atomic E-state index is 0.149. The van der Waals surface area contributed by atoms with E-state index in [4.69, 9.17) is 0 Å². The molecule has 1 aliphatic heterocycles. The van der Waals surface area contributed by atoms with Crippen LogP contribution in [-0.4, -0.2) is 51.2 Å². The first-order valence-electron chi connectivity index (χ1n) is 11.2. The Labute approximate surface area is 192 Å². The van der Waals surface area contributed by atoms with Gasteiger partial charge in [-0.2, -0.15) is 0 Å². The standard InChI is InChI=1S/C26H25N5O2/c32-18-19-15-28-26(29-16-19)31(21-6-2-1-3-7-21)22-10-12-30(13-11-22)25(33)14-20-17-27-24-9-5-4-8-23(20)24/h1-9,15-18,22,27H,10-14H2. The van der Waals surface area contributed by atoms with Crippen molar-refractivity contribution in [3.63, 3.8) is 0 Å². The van der Waals surface area contributed by atoms with Crippen LogP contribution >= 0.6 is 0 Å². The van der Waals surface area contributed by atoms with Crippen LogP contribution in [0.15, 0.2) is 73.2 Å². The van der Waals surface area contributed by atoms with Gasteiger partial charge in [-0.1, -0.05) is 36.4 Å². The second-order valence-corrected chi connectivity index (χ2v) is 8.29.